The predicted molar refractivity (Wildman–Crippen MR) is 88.1 cm³/mol. The molecular formula is C14H21Cl3N2O. The molecule has 1 N–H and O–H groups in total. The third-order valence-electron chi connectivity index (χ3n) is 3.20. The van der Waals surface area contributed by atoms with Crippen molar-refractivity contribution in [3.8, 4) is 0 Å². The lowest BCUT2D eigenvalue weighted by atomic mass is 10.1. The van der Waals surface area contributed by atoms with Gasteiger partial charge in [-0.25, -0.2) is 0 Å². The van der Waals surface area contributed by atoms with Crippen molar-refractivity contribution in [2.45, 2.75) is 25.8 Å². The first-order chi connectivity index (χ1) is 8.97. The van der Waals surface area contributed by atoms with E-state index in [-0.39, 0.29) is 24.4 Å². The third kappa shape index (κ3) is 5.49. The molecule has 20 heavy (non-hydrogen) atoms. The highest BCUT2D eigenvalue weighted by Crippen LogP contribution is 2.29. The van der Waals surface area contributed by atoms with Crippen LogP contribution in [0.2, 0.25) is 10.0 Å². The first-order valence-electron chi connectivity index (χ1n) is 6.32. The number of nitrogens with one attached hydrogen (secondary N) is 1. The molecule has 114 valence electrons. The molecule has 1 amide bonds. The van der Waals surface area contributed by atoms with Gasteiger partial charge in [0, 0.05) is 23.5 Å². The largest absolute Gasteiger partial charge is 0.339 e. The van der Waals surface area contributed by atoms with Crippen LogP contribution >= 0.6 is 35.6 Å². The van der Waals surface area contributed by atoms with E-state index in [9.17, 15) is 4.79 Å². The number of amides is 1. The highest BCUT2D eigenvalue weighted by Gasteiger charge is 2.19. The van der Waals surface area contributed by atoms with Crippen LogP contribution in [0, 0.1) is 0 Å². The maximum Gasteiger partial charge on any atom is 0.222 e. The van der Waals surface area contributed by atoms with Gasteiger partial charge in [-0.15, -0.1) is 12.4 Å². The Morgan fingerprint density at radius 3 is 2.60 bits per heavy atom. The van der Waals surface area contributed by atoms with E-state index in [2.05, 4.69) is 5.32 Å². The van der Waals surface area contributed by atoms with E-state index in [1.807, 2.05) is 20.0 Å². The normalized spacial score (nSPS) is 11.7. The summed E-state index contributed by atoms with van der Waals surface area (Å²) in [6.45, 7) is 2.81. The van der Waals surface area contributed by atoms with Gasteiger partial charge in [0.05, 0.1) is 6.04 Å². The number of rotatable bonds is 6. The van der Waals surface area contributed by atoms with Crippen LogP contribution in [0.15, 0.2) is 18.2 Å². The van der Waals surface area contributed by atoms with Crippen molar-refractivity contribution in [1.29, 1.82) is 0 Å². The number of carbonyl (C=O) groups is 1. The Morgan fingerprint density at radius 2 is 2.05 bits per heavy atom. The summed E-state index contributed by atoms with van der Waals surface area (Å²) in [5.41, 5.74) is 0.913. The Bertz CT molecular complexity index is 440. The van der Waals surface area contributed by atoms with Crippen molar-refractivity contribution < 1.29 is 4.79 Å². The van der Waals surface area contributed by atoms with Gasteiger partial charge in [0.15, 0.2) is 0 Å². The Labute approximate surface area is 137 Å². The maximum atomic E-state index is 12.0. The summed E-state index contributed by atoms with van der Waals surface area (Å²) in [6, 6.07) is 5.30. The van der Waals surface area contributed by atoms with Gasteiger partial charge in [-0.2, -0.15) is 0 Å². The van der Waals surface area contributed by atoms with Crippen molar-refractivity contribution >= 4 is 41.5 Å². The van der Waals surface area contributed by atoms with Gasteiger partial charge in [-0.3, -0.25) is 4.79 Å². The molecule has 0 aliphatic carbocycles. The summed E-state index contributed by atoms with van der Waals surface area (Å²) < 4.78 is 0. The molecule has 6 heteroatoms. The van der Waals surface area contributed by atoms with Gasteiger partial charge in [-0.05, 0) is 44.6 Å². The zero-order chi connectivity index (χ0) is 14.4. The molecule has 0 saturated heterocycles. The molecule has 0 bridgehead atoms. The van der Waals surface area contributed by atoms with E-state index >= 15 is 0 Å². The zero-order valence-electron chi connectivity index (χ0n) is 12.0. The van der Waals surface area contributed by atoms with Gasteiger partial charge in [0.2, 0.25) is 5.91 Å². The van der Waals surface area contributed by atoms with Crippen LogP contribution in [0.4, 0.5) is 0 Å². The Kier molecular flexibility index (Phi) is 9.23. The van der Waals surface area contributed by atoms with E-state index in [0.717, 1.165) is 18.5 Å². The minimum absolute atomic E-state index is 0. The summed E-state index contributed by atoms with van der Waals surface area (Å²) in [6.07, 6.45) is 1.37. The van der Waals surface area contributed by atoms with E-state index in [0.29, 0.717) is 16.5 Å². The first-order valence-corrected chi connectivity index (χ1v) is 7.08. The summed E-state index contributed by atoms with van der Waals surface area (Å²) in [5.74, 6) is 0.119. The number of halogens is 3. The molecule has 1 atom stereocenters. The number of benzene rings is 1. The summed E-state index contributed by atoms with van der Waals surface area (Å²) in [5, 5.41) is 4.23. The molecule has 1 aromatic rings. The molecule has 0 aliphatic rings. The molecule has 0 spiro atoms. The topological polar surface area (TPSA) is 32.3 Å². The lowest BCUT2D eigenvalue weighted by Crippen LogP contribution is -2.30. The van der Waals surface area contributed by atoms with Gasteiger partial charge in [0.1, 0.15) is 0 Å². The highest BCUT2D eigenvalue weighted by molar-refractivity contribution is 6.35. The first kappa shape index (κ1) is 19.5. The van der Waals surface area contributed by atoms with Crippen LogP contribution in [0.5, 0.6) is 0 Å². The Balaban J connectivity index is 0.00000361. The molecule has 0 aliphatic heterocycles. The minimum Gasteiger partial charge on any atom is -0.339 e. The second-order valence-electron chi connectivity index (χ2n) is 4.55. The predicted octanol–water partition coefficient (Wildman–Crippen LogP) is 3.93. The molecule has 0 saturated carbocycles. The number of carbonyl (C=O) groups excluding carboxylic acids is 1. The van der Waals surface area contributed by atoms with Crippen LogP contribution in [0.25, 0.3) is 0 Å². The molecule has 1 unspecified atom stereocenters. The summed E-state index contributed by atoms with van der Waals surface area (Å²) >= 11 is 12.0. The SMILES string of the molecule is CNCCCC(=O)N(C)C(C)c1ccc(Cl)cc1Cl.Cl. The number of nitrogens with zero attached hydrogens (tertiary/aromatic N) is 1. The Hall–Kier alpha value is -0.480. The summed E-state index contributed by atoms with van der Waals surface area (Å²) in [4.78, 5) is 13.8. The number of hydrogen-bond donors (Lipinski definition) is 1. The fourth-order valence-electron chi connectivity index (χ4n) is 1.86. The van der Waals surface area contributed by atoms with Gasteiger partial charge >= 0.3 is 0 Å². The third-order valence-corrected chi connectivity index (χ3v) is 3.77. The molecule has 1 rings (SSSR count). The van der Waals surface area contributed by atoms with Crippen LogP contribution < -0.4 is 5.32 Å². The quantitative estimate of drug-likeness (QED) is 0.796. The average molecular weight is 340 g/mol. The molecule has 0 aromatic heterocycles. The van der Waals surface area contributed by atoms with Gasteiger partial charge in [0.25, 0.3) is 0 Å². The fourth-order valence-corrected chi connectivity index (χ4v) is 2.42. The lowest BCUT2D eigenvalue weighted by molar-refractivity contribution is -0.131. The molecule has 0 heterocycles. The van der Waals surface area contributed by atoms with E-state index in [4.69, 9.17) is 23.2 Å². The van der Waals surface area contributed by atoms with Crippen LogP contribution in [0.1, 0.15) is 31.4 Å². The van der Waals surface area contributed by atoms with Crippen LogP contribution in [-0.2, 0) is 4.79 Å². The van der Waals surface area contributed by atoms with E-state index in [1.165, 1.54) is 0 Å². The van der Waals surface area contributed by atoms with Crippen molar-refractivity contribution in [1.82, 2.24) is 10.2 Å². The second-order valence-corrected chi connectivity index (χ2v) is 5.40. The lowest BCUT2D eigenvalue weighted by Gasteiger charge is -2.26. The highest BCUT2D eigenvalue weighted by atomic mass is 35.5. The van der Waals surface area contributed by atoms with Crippen molar-refractivity contribution in [3.05, 3.63) is 33.8 Å². The zero-order valence-corrected chi connectivity index (χ0v) is 14.3. The van der Waals surface area contributed by atoms with Crippen molar-refractivity contribution in [2.24, 2.45) is 0 Å². The van der Waals surface area contributed by atoms with E-state index < -0.39 is 0 Å². The van der Waals surface area contributed by atoms with Crippen LogP contribution in [0.3, 0.4) is 0 Å². The Morgan fingerprint density at radius 1 is 1.40 bits per heavy atom. The number of hydrogen-bond acceptors (Lipinski definition) is 2. The standard InChI is InChI=1S/C14H20Cl2N2O.ClH/c1-10(12-7-6-11(15)9-13(12)16)18(3)14(19)5-4-8-17-2;/h6-7,9-10,17H,4-5,8H2,1-3H3;1H. The minimum atomic E-state index is -0.0631. The van der Waals surface area contributed by atoms with Crippen molar-refractivity contribution in [3.63, 3.8) is 0 Å². The fraction of sp³-hybridized carbons (Fsp3) is 0.500. The monoisotopic (exact) mass is 338 g/mol. The molecule has 1 aromatic carbocycles. The van der Waals surface area contributed by atoms with Crippen LogP contribution in [-0.4, -0.2) is 31.4 Å². The van der Waals surface area contributed by atoms with Gasteiger partial charge < -0.3 is 10.2 Å². The second kappa shape index (κ2) is 9.46. The van der Waals surface area contributed by atoms with Crippen molar-refractivity contribution in [2.75, 3.05) is 20.6 Å². The maximum absolute atomic E-state index is 12.0. The molecule has 3 nitrogen and oxygen atoms in total. The summed E-state index contributed by atoms with van der Waals surface area (Å²) in [7, 11) is 3.68. The smallest absolute Gasteiger partial charge is 0.222 e. The molecule has 0 radical (unpaired) electrons. The molecule has 0 fully saturated rings. The average Bonchev–Trinajstić information content (AvgIpc) is 2.37. The van der Waals surface area contributed by atoms with Gasteiger partial charge in [-0.1, -0.05) is 29.3 Å². The van der Waals surface area contributed by atoms with E-state index in [1.54, 1.807) is 24.1 Å². The molecular weight excluding hydrogens is 319 g/mol.